The second-order valence-corrected chi connectivity index (χ2v) is 4.32. The first kappa shape index (κ1) is 12.3. The quantitative estimate of drug-likeness (QED) is 0.713. The van der Waals surface area contributed by atoms with E-state index in [4.69, 9.17) is 9.15 Å². The molecule has 2 N–H and O–H groups in total. The first-order chi connectivity index (χ1) is 9.76. The van der Waals surface area contributed by atoms with Crippen LogP contribution in [0.1, 0.15) is 5.89 Å². The molecule has 0 atom stereocenters. The highest BCUT2D eigenvalue weighted by atomic mass is 16.5. The number of phenols is 1. The number of benzene rings is 2. The summed E-state index contributed by atoms with van der Waals surface area (Å²) in [6.07, 6.45) is 0. The molecule has 2 aromatic carbocycles. The molecule has 0 saturated carbocycles. The maximum Gasteiger partial charge on any atom is 0.214 e. The molecule has 0 aliphatic heterocycles. The predicted octanol–water partition coefficient (Wildman–Crippen LogP) is 3.15. The van der Waals surface area contributed by atoms with Crippen LogP contribution in [0.4, 0.5) is 5.69 Å². The maximum absolute atomic E-state index is 9.22. The van der Waals surface area contributed by atoms with E-state index in [2.05, 4.69) is 10.3 Å². The van der Waals surface area contributed by atoms with E-state index in [9.17, 15) is 5.11 Å². The lowest BCUT2D eigenvalue weighted by atomic mass is 10.3. The Hall–Kier alpha value is -2.69. The fraction of sp³-hybridized carbons (Fsp3) is 0.133. The summed E-state index contributed by atoms with van der Waals surface area (Å²) >= 11 is 0. The molecule has 1 heterocycles. The number of aromatic hydroxyl groups is 1. The van der Waals surface area contributed by atoms with E-state index in [0.717, 1.165) is 11.2 Å². The zero-order valence-electron chi connectivity index (χ0n) is 11.0. The minimum atomic E-state index is 0.238. The monoisotopic (exact) mass is 270 g/mol. The summed E-state index contributed by atoms with van der Waals surface area (Å²) < 4.78 is 10.9. The number of aromatic nitrogens is 1. The van der Waals surface area contributed by atoms with Crippen molar-refractivity contribution in [2.45, 2.75) is 6.54 Å². The van der Waals surface area contributed by atoms with E-state index in [1.807, 2.05) is 18.2 Å². The third-order valence-corrected chi connectivity index (χ3v) is 2.96. The summed E-state index contributed by atoms with van der Waals surface area (Å²) in [7, 11) is 1.61. The van der Waals surface area contributed by atoms with Gasteiger partial charge in [-0.15, -0.1) is 0 Å². The van der Waals surface area contributed by atoms with Gasteiger partial charge in [-0.2, -0.15) is 0 Å². The van der Waals surface area contributed by atoms with Crippen molar-refractivity contribution in [3.05, 3.63) is 48.4 Å². The predicted molar refractivity (Wildman–Crippen MR) is 76.0 cm³/mol. The average molecular weight is 270 g/mol. The number of ether oxygens (including phenoxy) is 1. The average Bonchev–Trinajstić information content (AvgIpc) is 2.89. The zero-order valence-corrected chi connectivity index (χ0v) is 11.0. The smallest absolute Gasteiger partial charge is 0.214 e. The fourth-order valence-electron chi connectivity index (χ4n) is 1.97. The lowest BCUT2D eigenvalue weighted by molar-refractivity contribution is 0.419. The van der Waals surface area contributed by atoms with Crippen molar-refractivity contribution < 1.29 is 14.3 Å². The van der Waals surface area contributed by atoms with Crippen LogP contribution in [0.2, 0.25) is 0 Å². The molecule has 20 heavy (non-hydrogen) atoms. The summed E-state index contributed by atoms with van der Waals surface area (Å²) in [6, 6.07) is 12.4. The summed E-state index contributed by atoms with van der Waals surface area (Å²) in [5.41, 5.74) is 2.31. The summed E-state index contributed by atoms with van der Waals surface area (Å²) in [5.74, 6) is 1.52. The Balaban J connectivity index is 1.79. The second kappa shape index (κ2) is 5.13. The van der Waals surface area contributed by atoms with Crippen LogP contribution in [0.25, 0.3) is 11.1 Å². The van der Waals surface area contributed by atoms with Crippen molar-refractivity contribution >= 4 is 16.8 Å². The van der Waals surface area contributed by atoms with Gasteiger partial charge in [-0.1, -0.05) is 6.07 Å². The van der Waals surface area contributed by atoms with E-state index in [-0.39, 0.29) is 5.75 Å². The van der Waals surface area contributed by atoms with Gasteiger partial charge < -0.3 is 19.6 Å². The molecule has 5 nitrogen and oxygen atoms in total. The van der Waals surface area contributed by atoms with Crippen LogP contribution in [-0.2, 0) is 6.54 Å². The fourth-order valence-corrected chi connectivity index (χ4v) is 1.97. The first-order valence-electron chi connectivity index (χ1n) is 6.21. The van der Waals surface area contributed by atoms with Crippen molar-refractivity contribution in [1.29, 1.82) is 0 Å². The highest BCUT2D eigenvalue weighted by Gasteiger charge is 2.09. The third-order valence-electron chi connectivity index (χ3n) is 2.96. The number of para-hydroxylation sites is 1. The number of rotatable bonds is 4. The topological polar surface area (TPSA) is 67.5 Å². The minimum Gasteiger partial charge on any atom is -0.508 e. The normalized spacial score (nSPS) is 10.7. The number of fused-ring (bicyclic) bond motifs is 1. The summed E-state index contributed by atoms with van der Waals surface area (Å²) in [6.45, 7) is 0.461. The third kappa shape index (κ3) is 2.38. The Morgan fingerprint density at radius 3 is 2.75 bits per heavy atom. The molecule has 5 heteroatoms. The molecule has 0 fully saturated rings. The van der Waals surface area contributed by atoms with Gasteiger partial charge >= 0.3 is 0 Å². The SMILES string of the molecule is COc1cccc2oc(CNc3ccc(O)cc3)nc12. The molecular formula is C15H14N2O3. The number of methoxy groups -OCH3 is 1. The molecule has 0 bridgehead atoms. The Kier molecular flexibility index (Phi) is 3.16. The number of anilines is 1. The van der Waals surface area contributed by atoms with Gasteiger partial charge in [-0.25, -0.2) is 4.98 Å². The largest absolute Gasteiger partial charge is 0.508 e. The first-order valence-corrected chi connectivity index (χ1v) is 6.21. The van der Waals surface area contributed by atoms with Gasteiger partial charge in [0.15, 0.2) is 11.1 Å². The standard InChI is InChI=1S/C15H14N2O3/c1-19-12-3-2-4-13-15(12)17-14(20-13)9-16-10-5-7-11(18)8-6-10/h2-8,16,18H,9H2,1H3. The van der Waals surface area contributed by atoms with Crippen LogP contribution in [0.15, 0.2) is 46.9 Å². The van der Waals surface area contributed by atoms with Crippen LogP contribution in [-0.4, -0.2) is 17.2 Å². The molecule has 0 radical (unpaired) electrons. The van der Waals surface area contributed by atoms with Crippen LogP contribution in [0.5, 0.6) is 11.5 Å². The number of hydrogen-bond acceptors (Lipinski definition) is 5. The van der Waals surface area contributed by atoms with Gasteiger partial charge in [-0.05, 0) is 36.4 Å². The van der Waals surface area contributed by atoms with Gasteiger partial charge in [-0.3, -0.25) is 0 Å². The van der Waals surface area contributed by atoms with Crippen molar-refractivity contribution in [2.75, 3.05) is 12.4 Å². The Bertz CT molecular complexity index is 720. The summed E-state index contributed by atoms with van der Waals surface area (Å²) in [4.78, 5) is 4.41. The molecule has 0 saturated heterocycles. The highest BCUT2D eigenvalue weighted by molar-refractivity contribution is 5.79. The van der Waals surface area contributed by atoms with Gasteiger partial charge in [0.1, 0.15) is 11.5 Å². The van der Waals surface area contributed by atoms with Gasteiger partial charge in [0.05, 0.1) is 13.7 Å². The van der Waals surface area contributed by atoms with Crippen LogP contribution < -0.4 is 10.1 Å². The lowest BCUT2D eigenvalue weighted by Crippen LogP contribution is -1.99. The Labute approximate surface area is 115 Å². The van der Waals surface area contributed by atoms with E-state index in [1.54, 1.807) is 31.4 Å². The number of nitrogens with zero attached hydrogens (tertiary/aromatic N) is 1. The van der Waals surface area contributed by atoms with Crippen molar-refractivity contribution in [3.8, 4) is 11.5 Å². The van der Waals surface area contributed by atoms with E-state index < -0.39 is 0 Å². The Morgan fingerprint density at radius 1 is 1.20 bits per heavy atom. The number of oxazole rings is 1. The molecular weight excluding hydrogens is 256 g/mol. The molecule has 3 rings (SSSR count). The molecule has 0 aliphatic rings. The number of phenolic OH excluding ortho intramolecular Hbond substituents is 1. The van der Waals surface area contributed by atoms with Crippen molar-refractivity contribution in [2.24, 2.45) is 0 Å². The molecule has 1 aromatic heterocycles. The summed E-state index contributed by atoms with van der Waals surface area (Å²) in [5, 5.41) is 12.4. The highest BCUT2D eigenvalue weighted by Crippen LogP contribution is 2.25. The number of hydrogen-bond donors (Lipinski definition) is 2. The van der Waals surface area contributed by atoms with Crippen molar-refractivity contribution in [3.63, 3.8) is 0 Å². The maximum atomic E-state index is 9.22. The molecule has 0 amide bonds. The van der Waals surface area contributed by atoms with E-state index in [1.165, 1.54) is 0 Å². The molecule has 102 valence electrons. The van der Waals surface area contributed by atoms with Crippen LogP contribution in [0.3, 0.4) is 0 Å². The zero-order chi connectivity index (χ0) is 13.9. The van der Waals surface area contributed by atoms with Gasteiger partial charge in [0, 0.05) is 5.69 Å². The Morgan fingerprint density at radius 2 is 2.00 bits per heavy atom. The molecule has 3 aromatic rings. The van der Waals surface area contributed by atoms with E-state index >= 15 is 0 Å². The van der Waals surface area contributed by atoms with Crippen LogP contribution in [0, 0.1) is 0 Å². The minimum absolute atomic E-state index is 0.238. The van der Waals surface area contributed by atoms with Gasteiger partial charge in [0.2, 0.25) is 5.89 Å². The number of nitrogens with one attached hydrogen (secondary N) is 1. The van der Waals surface area contributed by atoms with Crippen LogP contribution >= 0.6 is 0 Å². The van der Waals surface area contributed by atoms with E-state index in [0.29, 0.717) is 23.8 Å². The second-order valence-electron chi connectivity index (χ2n) is 4.32. The molecule has 0 unspecified atom stereocenters. The lowest BCUT2D eigenvalue weighted by Gasteiger charge is -2.02. The van der Waals surface area contributed by atoms with Gasteiger partial charge in [0.25, 0.3) is 0 Å². The molecule has 0 spiro atoms. The van der Waals surface area contributed by atoms with Crippen molar-refractivity contribution in [1.82, 2.24) is 4.98 Å². The molecule has 0 aliphatic carbocycles.